The highest BCUT2D eigenvalue weighted by atomic mass is 32.2. The zero-order valence-electron chi connectivity index (χ0n) is 9.92. The van der Waals surface area contributed by atoms with Crippen LogP contribution >= 0.6 is 0 Å². The van der Waals surface area contributed by atoms with Crippen molar-refractivity contribution in [3.63, 3.8) is 0 Å². The van der Waals surface area contributed by atoms with Gasteiger partial charge in [-0.25, -0.2) is 18.5 Å². The second-order valence-electron chi connectivity index (χ2n) is 4.01. The van der Waals surface area contributed by atoms with Crippen LogP contribution in [0.3, 0.4) is 0 Å². The van der Waals surface area contributed by atoms with E-state index in [0.29, 0.717) is 5.56 Å². The molecule has 0 aliphatic heterocycles. The van der Waals surface area contributed by atoms with Gasteiger partial charge in [-0.3, -0.25) is 0 Å². The average Bonchev–Trinajstić information content (AvgIpc) is 2.37. The Bertz CT molecular complexity index is 725. The highest BCUT2D eigenvalue weighted by molar-refractivity contribution is 7.89. The van der Waals surface area contributed by atoms with Crippen LogP contribution in [0, 0.1) is 0 Å². The zero-order chi connectivity index (χ0) is 15.0. The first-order valence-electron chi connectivity index (χ1n) is 5.34. The molecule has 0 saturated heterocycles. The maximum absolute atomic E-state index is 12.6. The lowest BCUT2D eigenvalue weighted by Gasteiger charge is -2.08. The molecule has 0 bridgehead atoms. The molecule has 0 amide bonds. The van der Waals surface area contributed by atoms with Crippen LogP contribution in [-0.4, -0.2) is 13.4 Å². The third-order valence-electron chi connectivity index (χ3n) is 2.55. The standard InChI is InChI=1S/C12H9F3N2O2S/c13-12(14,15)10-3-1-2-8(6-10)9-4-5-11(17-7-9)20(16,18)19/h1-7H,(H2,16,18,19). The maximum atomic E-state index is 12.6. The number of aromatic nitrogens is 1. The van der Waals surface area contributed by atoms with Crippen LogP contribution in [0.4, 0.5) is 13.2 Å². The lowest BCUT2D eigenvalue weighted by molar-refractivity contribution is -0.137. The summed E-state index contributed by atoms with van der Waals surface area (Å²) in [6, 6.07) is 7.16. The Labute approximate surface area is 113 Å². The Balaban J connectivity index is 2.43. The molecule has 8 heteroatoms. The minimum atomic E-state index is -4.44. The summed E-state index contributed by atoms with van der Waals surface area (Å²) in [6.07, 6.45) is -3.28. The first-order valence-corrected chi connectivity index (χ1v) is 6.89. The molecule has 2 aromatic rings. The van der Waals surface area contributed by atoms with Crippen molar-refractivity contribution in [3.8, 4) is 11.1 Å². The van der Waals surface area contributed by atoms with Gasteiger partial charge < -0.3 is 0 Å². The Kier molecular flexibility index (Phi) is 3.53. The van der Waals surface area contributed by atoms with Crippen molar-refractivity contribution in [2.24, 2.45) is 5.14 Å². The van der Waals surface area contributed by atoms with E-state index >= 15 is 0 Å². The van der Waals surface area contributed by atoms with Crippen LogP contribution in [0.1, 0.15) is 5.56 Å². The summed E-state index contributed by atoms with van der Waals surface area (Å²) in [4.78, 5) is 3.62. The van der Waals surface area contributed by atoms with Crippen LogP contribution in [0.25, 0.3) is 11.1 Å². The minimum Gasteiger partial charge on any atom is -0.243 e. The van der Waals surface area contributed by atoms with E-state index in [1.165, 1.54) is 18.2 Å². The molecule has 1 aromatic heterocycles. The van der Waals surface area contributed by atoms with E-state index in [4.69, 9.17) is 5.14 Å². The number of pyridine rings is 1. The number of hydrogen-bond donors (Lipinski definition) is 1. The fraction of sp³-hybridized carbons (Fsp3) is 0.0833. The number of nitrogens with two attached hydrogens (primary N) is 1. The first kappa shape index (κ1) is 14.5. The molecular weight excluding hydrogens is 293 g/mol. The Morgan fingerprint density at radius 3 is 2.25 bits per heavy atom. The van der Waals surface area contributed by atoms with E-state index in [1.54, 1.807) is 0 Å². The van der Waals surface area contributed by atoms with Crippen LogP contribution in [0.5, 0.6) is 0 Å². The number of benzene rings is 1. The van der Waals surface area contributed by atoms with E-state index in [1.807, 2.05) is 0 Å². The third-order valence-corrected chi connectivity index (χ3v) is 3.38. The van der Waals surface area contributed by atoms with Gasteiger partial charge in [0, 0.05) is 11.8 Å². The number of rotatable bonds is 2. The van der Waals surface area contributed by atoms with Gasteiger partial charge in [0.25, 0.3) is 10.0 Å². The van der Waals surface area contributed by atoms with Gasteiger partial charge in [-0.2, -0.15) is 13.2 Å². The normalized spacial score (nSPS) is 12.4. The maximum Gasteiger partial charge on any atom is 0.416 e. The van der Waals surface area contributed by atoms with Crippen molar-refractivity contribution in [2.75, 3.05) is 0 Å². The SMILES string of the molecule is NS(=O)(=O)c1ccc(-c2cccc(C(F)(F)F)c2)cn1. The molecule has 0 aliphatic carbocycles. The first-order chi connectivity index (χ1) is 9.18. The Morgan fingerprint density at radius 1 is 1.05 bits per heavy atom. The van der Waals surface area contributed by atoms with Gasteiger partial charge in [-0.1, -0.05) is 12.1 Å². The van der Waals surface area contributed by atoms with Gasteiger partial charge in [0.05, 0.1) is 5.56 Å². The zero-order valence-corrected chi connectivity index (χ0v) is 10.7. The monoisotopic (exact) mass is 302 g/mol. The van der Waals surface area contributed by atoms with E-state index in [0.717, 1.165) is 24.4 Å². The summed E-state index contributed by atoms with van der Waals surface area (Å²) in [7, 11) is -3.92. The average molecular weight is 302 g/mol. The number of primary sulfonamides is 1. The lowest BCUT2D eigenvalue weighted by Crippen LogP contribution is -2.13. The summed E-state index contributed by atoms with van der Waals surface area (Å²) in [5.74, 6) is 0. The molecular formula is C12H9F3N2O2S. The predicted octanol–water partition coefficient (Wildman–Crippen LogP) is 2.41. The summed E-state index contributed by atoms with van der Waals surface area (Å²) in [5, 5.41) is 4.55. The molecule has 0 spiro atoms. The number of hydrogen-bond acceptors (Lipinski definition) is 3. The molecule has 1 heterocycles. The van der Waals surface area contributed by atoms with Gasteiger partial charge in [-0.15, -0.1) is 0 Å². The van der Waals surface area contributed by atoms with Crippen LogP contribution < -0.4 is 5.14 Å². The van der Waals surface area contributed by atoms with Gasteiger partial charge in [0.15, 0.2) is 5.03 Å². The fourth-order valence-corrected chi connectivity index (χ4v) is 2.05. The molecule has 2 N–H and O–H groups in total. The molecule has 106 valence electrons. The van der Waals surface area contributed by atoms with Gasteiger partial charge in [0.2, 0.25) is 0 Å². The molecule has 0 atom stereocenters. The fourth-order valence-electron chi connectivity index (χ4n) is 1.59. The smallest absolute Gasteiger partial charge is 0.243 e. The van der Waals surface area contributed by atoms with Crippen molar-refractivity contribution in [1.29, 1.82) is 0 Å². The minimum absolute atomic E-state index is 0.285. The van der Waals surface area contributed by atoms with E-state index in [2.05, 4.69) is 4.98 Å². The third kappa shape index (κ3) is 3.14. The Hall–Kier alpha value is -1.93. The van der Waals surface area contributed by atoms with Crippen molar-refractivity contribution >= 4 is 10.0 Å². The molecule has 0 fully saturated rings. The largest absolute Gasteiger partial charge is 0.416 e. The van der Waals surface area contributed by atoms with Crippen molar-refractivity contribution < 1.29 is 21.6 Å². The van der Waals surface area contributed by atoms with E-state index in [9.17, 15) is 21.6 Å². The molecule has 0 saturated carbocycles. The number of halogens is 3. The van der Waals surface area contributed by atoms with Crippen LogP contribution in [0.15, 0.2) is 47.6 Å². The molecule has 4 nitrogen and oxygen atoms in total. The van der Waals surface area contributed by atoms with Crippen LogP contribution in [0.2, 0.25) is 0 Å². The molecule has 0 aliphatic rings. The second kappa shape index (κ2) is 4.88. The second-order valence-corrected chi connectivity index (χ2v) is 5.52. The van der Waals surface area contributed by atoms with Crippen molar-refractivity contribution in [1.82, 2.24) is 4.98 Å². The number of sulfonamides is 1. The van der Waals surface area contributed by atoms with Crippen molar-refractivity contribution in [2.45, 2.75) is 11.2 Å². The molecule has 0 unspecified atom stereocenters. The predicted molar refractivity (Wildman–Crippen MR) is 66.0 cm³/mol. The van der Waals surface area contributed by atoms with Crippen LogP contribution in [-0.2, 0) is 16.2 Å². The molecule has 2 rings (SSSR count). The topological polar surface area (TPSA) is 73.1 Å². The van der Waals surface area contributed by atoms with E-state index < -0.39 is 21.8 Å². The Morgan fingerprint density at radius 2 is 1.75 bits per heavy atom. The number of nitrogens with zero attached hydrogens (tertiary/aromatic N) is 1. The summed E-state index contributed by atoms with van der Waals surface area (Å²) < 4.78 is 59.8. The number of alkyl halides is 3. The molecule has 1 aromatic carbocycles. The van der Waals surface area contributed by atoms with Gasteiger partial charge >= 0.3 is 6.18 Å². The summed E-state index contributed by atoms with van der Waals surface area (Å²) >= 11 is 0. The lowest BCUT2D eigenvalue weighted by atomic mass is 10.0. The van der Waals surface area contributed by atoms with Gasteiger partial charge in [0.1, 0.15) is 0 Å². The van der Waals surface area contributed by atoms with Crippen molar-refractivity contribution in [3.05, 3.63) is 48.2 Å². The highest BCUT2D eigenvalue weighted by Gasteiger charge is 2.30. The molecule has 20 heavy (non-hydrogen) atoms. The summed E-state index contributed by atoms with van der Waals surface area (Å²) in [6.45, 7) is 0. The summed E-state index contributed by atoms with van der Waals surface area (Å²) in [5.41, 5.74) is -0.137. The quantitative estimate of drug-likeness (QED) is 0.926. The van der Waals surface area contributed by atoms with Gasteiger partial charge in [-0.05, 0) is 29.8 Å². The highest BCUT2D eigenvalue weighted by Crippen LogP contribution is 2.32. The van der Waals surface area contributed by atoms with E-state index in [-0.39, 0.29) is 10.6 Å². The molecule has 0 radical (unpaired) electrons.